The van der Waals surface area contributed by atoms with Crippen molar-refractivity contribution in [1.82, 2.24) is 0 Å². The molecule has 0 aliphatic heterocycles. The molecule has 0 heterocycles. The number of hydrogen-bond acceptors (Lipinski definition) is 6. The second-order valence-electron chi connectivity index (χ2n) is 14.3. The van der Waals surface area contributed by atoms with Crippen LogP contribution in [0.5, 0.6) is 0 Å². The Morgan fingerprint density at radius 1 is 0.489 bits per heavy atom. The van der Waals surface area contributed by atoms with Crippen LogP contribution in [0.3, 0.4) is 0 Å². The van der Waals surface area contributed by atoms with Gasteiger partial charge in [-0.2, -0.15) is 7.82 Å². The van der Waals surface area contributed by atoms with Gasteiger partial charge >= 0.3 is 267 Å². The SMILES string of the molecule is CN(C)c1cc[c]([Pd-3]([Cl])([Cl])([C](C)(C)C)[C](C)(C)C)cc1.CN(C)c1cc[c]([Pd-3]([Cl])([Cl])([C](C)(C)C)[C](C)(C)C)cc1.O=P([O-])([O-])[O-]. The van der Waals surface area contributed by atoms with Crippen LogP contribution in [-0.4, -0.2) is 28.2 Å². The minimum Gasteiger partial charge on any atom is -0.822 e. The van der Waals surface area contributed by atoms with Crippen LogP contribution >= 0.6 is 45.9 Å². The molecule has 45 heavy (non-hydrogen) atoms. The number of phosphoric acid groups is 1. The minimum atomic E-state index is -5.39. The molecular weight excluding hydrogens is 862 g/mol. The number of halogens is 4. The minimum absolute atomic E-state index is 0.157. The van der Waals surface area contributed by atoms with Gasteiger partial charge in [0.1, 0.15) is 0 Å². The summed E-state index contributed by atoms with van der Waals surface area (Å²) in [5.74, 6) is 0. The van der Waals surface area contributed by atoms with Crippen molar-refractivity contribution in [2.24, 2.45) is 0 Å². The Bertz CT molecular complexity index is 1180. The van der Waals surface area contributed by atoms with Gasteiger partial charge in [-0.25, -0.2) is 0 Å². The van der Waals surface area contributed by atoms with Crippen molar-refractivity contribution in [3.63, 3.8) is 0 Å². The molecule has 0 amide bonds. The van der Waals surface area contributed by atoms with E-state index < -0.39 is 32.4 Å². The summed E-state index contributed by atoms with van der Waals surface area (Å²) < 4.78 is 10.1. The Hall–Kier alpha value is 0.635. The van der Waals surface area contributed by atoms with Crippen molar-refractivity contribution < 1.29 is 43.8 Å². The first kappa shape index (κ1) is 45.6. The standard InChI is InChI=1S/2C8H10N.4C4H9.4ClH.H3O4P.2Pd/c2*1-9(2)8-6-4-3-5-7-8;4*1-4(2)3;;;;;1-5(2,3)4;;/h2*4-7H,1-2H3;4*1-3H3;4*1H;(H3,1,2,3,4);;/q;;;;;;;;;;;2*-1/p-7. The molecular formula is C32H56Cl4N2O4PPd2-9. The van der Waals surface area contributed by atoms with Crippen LogP contribution in [0.25, 0.3) is 0 Å². The Morgan fingerprint density at radius 2 is 0.644 bits per heavy atom. The van der Waals surface area contributed by atoms with Gasteiger partial charge in [-0.15, -0.1) is 0 Å². The Balaban J connectivity index is 0.000000748. The van der Waals surface area contributed by atoms with E-state index in [0.717, 1.165) is 19.4 Å². The van der Waals surface area contributed by atoms with Crippen LogP contribution in [0.1, 0.15) is 83.1 Å². The molecule has 0 unspecified atom stereocenters. The van der Waals surface area contributed by atoms with Gasteiger partial charge in [-0.05, 0) is 0 Å². The molecule has 0 radical (unpaired) electrons. The third kappa shape index (κ3) is 9.45. The van der Waals surface area contributed by atoms with Crippen LogP contribution in [0.15, 0.2) is 48.5 Å². The van der Waals surface area contributed by atoms with Gasteiger partial charge in [0.05, 0.1) is 0 Å². The molecule has 0 N–H and O–H groups in total. The maximum absolute atomic E-state index is 8.55. The average molecular weight is 918 g/mol. The van der Waals surface area contributed by atoms with E-state index in [1.165, 1.54) is 0 Å². The maximum atomic E-state index is 8.55. The molecule has 0 aromatic heterocycles. The quantitative estimate of drug-likeness (QED) is 0.225. The van der Waals surface area contributed by atoms with Crippen molar-refractivity contribution in [3.05, 3.63) is 48.5 Å². The van der Waals surface area contributed by atoms with Crippen LogP contribution in [0, 0.1) is 0 Å². The fourth-order valence-corrected chi connectivity index (χ4v) is 21.0. The molecule has 280 valence electrons. The summed E-state index contributed by atoms with van der Waals surface area (Å²) in [6.45, 7) is 26.0. The van der Waals surface area contributed by atoms with Crippen molar-refractivity contribution in [2.75, 3.05) is 38.0 Å². The Kier molecular flexibility index (Phi) is 14.7. The van der Waals surface area contributed by atoms with E-state index in [-0.39, 0.29) is 15.6 Å². The summed E-state index contributed by atoms with van der Waals surface area (Å²) in [5, 5.41) is 0. The van der Waals surface area contributed by atoms with Crippen LogP contribution in [-0.2, 0) is 29.1 Å². The van der Waals surface area contributed by atoms with E-state index in [1.54, 1.807) is 0 Å². The number of benzene rings is 2. The largest absolute Gasteiger partial charge is 0.822 e. The van der Waals surface area contributed by atoms with Crippen molar-refractivity contribution in [2.45, 2.75) is 98.6 Å². The summed E-state index contributed by atoms with van der Waals surface area (Å²) in [5.41, 5.74) is 2.32. The van der Waals surface area contributed by atoms with Gasteiger partial charge in [0, 0.05) is 0 Å². The fraction of sp³-hybridized carbons (Fsp3) is 0.625. The van der Waals surface area contributed by atoms with E-state index in [2.05, 4.69) is 141 Å². The van der Waals surface area contributed by atoms with E-state index in [4.69, 9.17) is 57.4 Å². The van der Waals surface area contributed by atoms with Gasteiger partial charge in [-0.1, -0.05) is 0 Å². The topological polar surface area (TPSA) is 92.7 Å². The van der Waals surface area contributed by atoms with Crippen molar-refractivity contribution >= 4 is 65.4 Å². The Morgan fingerprint density at radius 3 is 0.756 bits per heavy atom. The number of anilines is 2. The monoisotopic (exact) mass is 915 g/mol. The van der Waals surface area contributed by atoms with Crippen LogP contribution in [0.4, 0.5) is 11.4 Å². The van der Waals surface area contributed by atoms with Gasteiger partial charge in [0.15, 0.2) is 0 Å². The van der Waals surface area contributed by atoms with Gasteiger partial charge in [-0.3, -0.25) is 0 Å². The number of hydrogen-bond donors (Lipinski definition) is 0. The zero-order chi connectivity index (χ0) is 36.5. The molecule has 0 bridgehead atoms. The fourth-order valence-electron chi connectivity index (χ4n) is 4.35. The summed E-state index contributed by atoms with van der Waals surface area (Å²) in [6, 6.07) is 16.9. The molecule has 0 spiro atoms. The predicted molar refractivity (Wildman–Crippen MR) is 191 cm³/mol. The van der Waals surface area contributed by atoms with Crippen molar-refractivity contribution in [1.29, 1.82) is 0 Å². The molecule has 2 rings (SSSR count). The second kappa shape index (κ2) is 14.5. The van der Waals surface area contributed by atoms with E-state index >= 15 is 0 Å². The number of rotatable bonds is 4. The average Bonchev–Trinajstić information content (AvgIpc) is 2.80. The van der Waals surface area contributed by atoms with Crippen molar-refractivity contribution in [3.8, 4) is 0 Å². The molecule has 0 atom stereocenters. The zero-order valence-electron chi connectivity index (χ0n) is 29.7. The predicted octanol–water partition coefficient (Wildman–Crippen LogP) is 8.80. The summed E-state index contributed by atoms with van der Waals surface area (Å²) in [6.07, 6.45) is 0. The van der Waals surface area contributed by atoms with E-state index in [9.17, 15) is 0 Å². The third-order valence-electron chi connectivity index (χ3n) is 6.62. The molecule has 0 aliphatic carbocycles. The molecule has 0 aliphatic rings. The Labute approximate surface area is 291 Å². The van der Waals surface area contributed by atoms with E-state index in [1.807, 2.05) is 28.2 Å². The molecule has 13 heteroatoms. The molecule has 2 aromatic rings. The maximum Gasteiger partial charge on any atom is -0.159 e. The summed E-state index contributed by atoms with van der Waals surface area (Å²) >= 11 is -7.15. The van der Waals surface area contributed by atoms with Crippen LogP contribution in [0.2, 0.25) is 15.6 Å². The normalized spacial score (nSPS) is 15.2. The van der Waals surface area contributed by atoms with Gasteiger partial charge in [0.2, 0.25) is 0 Å². The molecule has 0 saturated heterocycles. The molecule has 2 aromatic carbocycles. The zero-order valence-corrected chi connectivity index (χ0v) is 36.8. The molecule has 0 saturated carbocycles. The molecule has 0 fully saturated rings. The number of nitrogens with zero attached hydrogens (tertiary/aromatic N) is 2. The van der Waals surface area contributed by atoms with Crippen LogP contribution < -0.4 is 32.6 Å². The van der Waals surface area contributed by atoms with E-state index in [0.29, 0.717) is 0 Å². The van der Waals surface area contributed by atoms with Gasteiger partial charge < -0.3 is 19.2 Å². The smallest absolute Gasteiger partial charge is 0.159 e. The summed E-state index contributed by atoms with van der Waals surface area (Å²) in [4.78, 5) is 29.8. The first-order valence-electron chi connectivity index (χ1n) is 14.0. The summed E-state index contributed by atoms with van der Waals surface area (Å²) in [7, 11) is 32.0. The van der Waals surface area contributed by atoms with Gasteiger partial charge in [0.25, 0.3) is 0 Å². The molecule has 6 nitrogen and oxygen atoms in total. The second-order valence-corrected chi connectivity index (χ2v) is 45.4. The third-order valence-corrected chi connectivity index (χ3v) is 47.4. The first-order chi connectivity index (χ1) is 19.4. The first-order valence-corrected chi connectivity index (χ1v) is 28.2.